The third kappa shape index (κ3) is 5.98. The van der Waals surface area contributed by atoms with E-state index in [0.717, 1.165) is 31.3 Å². The van der Waals surface area contributed by atoms with Gasteiger partial charge in [0.25, 0.3) is 0 Å². The molecule has 0 aromatic heterocycles. The summed E-state index contributed by atoms with van der Waals surface area (Å²) in [5.41, 5.74) is 1.27. The van der Waals surface area contributed by atoms with Crippen molar-refractivity contribution in [3.8, 4) is 5.75 Å². The predicted molar refractivity (Wildman–Crippen MR) is 124 cm³/mol. The molecule has 1 aromatic carbocycles. The first kappa shape index (κ1) is 22.3. The van der Waals surface area contributed by atoms with Gasteiger partial charge in [0, 0.05) is 26.2 Å². The van der Waals surface area contributed by atoms with Gasteiger partial charge in [0.2, 0.25) is 0 Å². The highest BCUT2D eigenvalue weighted by molar-refractivity contribution is 14.0. The maximum atomic E-state index is 6.01. The minimum absolute atomic E-state index is 0. The Kier molecular flexibility index (Phi) is 9.15. The van der Waals surface area contributed by atoms with E-state index in [4.69, 9.17) is 4.74 Å². The zero-order valence-corrected chi connectivity index (χ0v) is 19.3. The van der Waals surface area contributed by atoms with Crippen LogP contribution in [0.5, 0.6) is 5.75 Å². The molecule has 27 heavy (non-hydrogen) atoms. The lowest BCUT2D eigenvalue weighted by atomic mass is 10.0. The predicted octanol–water partition coefficient (Wildman–Crippen LogP) is 3.55. The lowest BCUT2D eigenvalue weighted by Crippen LogP contribution is -2.43. The van der Waals surface area contributed by atoms with Crippen molar-refractivity contribution in [2.45, 2.75) is 45.1 Å². The standard InChI is InChI=1S/C21H34N4O.HI/c1-17(2)19-8-4-5-9-20(19)26-15-11-23-21(22-3)25-14-10-18(16-25)24-12-6-7-13-24;/h4-5,8-9,17-18H,6-7,10-16H2,1-3H3,(H,22,23);1H. The average Bonchev–Trinajstić information content (AvgIpc) is 3.33. The van der Waals surface area contributed by atoms with Crippen LogP contribution in [-0.4, -0.2) is 68.2 Å². The second kappa shape index (κ2) is 11.1. The largest absolute Gasteiger partial charge is 0.491 e. The molecule has 0 saturated carbocycles. The van der Waals surface area contributed by atoms with Crippen molar-refractivity contribution in [3.05, 3.63) is 29.8 Å². The number of nitrogens with zero attached hydrogens (tertiary/aromatic N) is 3. The van der Waals surface area contributed by atoms with Gasteiger partial charge in [-0.05, 0) is 49.9 Å². The van der Waals surface area contributed by atoms with Crippen molar-refractivity contribution >= 4 is 29.9 Å². The molecule has 0 bridgehead atoms. The van der Waals surface area contributed by atoms with Crippen molar-refractivity contribution < 1.29 is 4.74 Å². The Hall–Kier alpha value is -1.02. The minimum Gasteiger partial charge on any atom is -0.491 e. The first-order chi connectivity index (χ1) is 12.7. The maximum absolute atomic E-state index is 6.01. The number of hydrogen-bond acceptors (Lipinski definition) is 3. The minimum atomic E-state index is 0. The highest BCUT2D eigenvalue weighted by Gasteiger charge is 2.30. The second-order valence-electron chi connectivity index (χ2n) is 7.65. The molecule has 2 aliphatic rings. The van der Waals surface area contributed by atoms with Gasteiger partial charge >= 0.3 is 0 Å². The van der Waals surface area contributed by atoms with Crippen LogP contribution in [-0.2, 0) is 0 Å². The van der Waals surface area contributed by atoms with Crippen LogP contribution in [0.15, 0.2) is 29.3 Å². The molecule has 5 nitrogen and oxygen atoms in total. The molecule has 1 N–H and O–H groups in total. The van der Waals surface area contributed by atoms with Gasteiger partial charge in [0.15, 0.2) is 5.96 Å². The van der Waals surface area contributed by atoms with Crippen LogP contribution in [0.2, 0.25) is 0 Å². The Morgan fingerprint density at radius 1 is 1.22 bits per heavy atom. The van der Waals surface area contributed by atoms with E-state index in [1.807, 2.05) is 13.1 Å². The van der Waals surface area contributed by atoms with Gasteiger partial charge in [-0.1, -0.05) is 32.0 Å². The van der Waals surface area contributed by atoms with E-state index in [-0.39, 0.29) is 24.0 Å². The fourth-order valence-electron chi connectivity index (χ4n) is 4.08. The molecular weight excluding hydrogens is 451 g/mol. The Labute approximate surface area is 181 Å². The molecule has 6 heteroatoms. The fourth-order valence-corrected chi connectivity index (χ4v) is 4.08. The summed E-state index contributed by atoms with van der Waals surface area (Å²) in [4.78, 5) is 9.52. The highest BCUT2D eigenvalue weighted by Crippen LogP contribution is 2.25. The van der Waals surface area contributed by atoms with E-state index >= 15 is 0 Å². The monoisotopic (exact) mass is 486 g/mol. The number of aliphatic imine (C=N–C) groups is 1. The van der Waals surface area contributed by atoms with Crippen LogP contribution in [0.3, 0.4) is 0 Å². The molecule has 2 heterocycles. The number of benzene rings is 1. The highest BCUT2D eigenvalue weighted by atomic mass is 127. The van der Waals surface area contributed by atoms with Crippen molar-refractivity contribution in [2.75, 3.05) is 46.4 Å². The quantitative estimate of drug-likeness (QED) is 0.289. The lowest BCUT2D eigenvalue weighted by Gasteiger charge is -2.25. The SMILES string of the molecule is CN=C(NCCOc1ccccc1C(C)C)N1CCC(N2CCCC2)C1.I. The number of hydrogen-bond donors (Lipinski definition) is 1. The van der Waals surface area contributed by atoms with E-state index in [1.165, 1.54) is 37.9 Å². The molecule has 152 valence electrons. The van der Waals surface area contributed by atoms with Crippen LogP contribution in [0.4, 0.5) is 0 Å². The molecule has 2 saturated heterocycles. The Balaban J connectivity index is 0.00000261. The summed E-state index contributed by atoms with van der Waals surface area (Å²) in [6.07, 6.45) is 3.97. The third-order valence-corrected chi connectivity index (χ3v) is 5.52. The van der Waals surface area contributed by atoms with Gasteiger partial charge < -0.3 is 15.0 Å². The van der Waals surface area contributed by atoms with Crippen molar-refractivity contribution in [2.24, 2.45) is 4.99 Å². The average molecular weight is 486 g/mol. The van der Waals surface area contributed by atoms with Gasteiger partial charge in [-0.3, -0.25) is 9.89 Å². The normalized spacial score (nSPS) is 20.8. The van der Waals surface area contributed by atoms with Gasteiger partial charge in [-0.25, -0.2) is 0 Å². The molecule has 3 rings (SSSR count). The molecule has 2 aliphatic heterocycles. The first-order valence-electron chi connectivity index (χ1n) is 10.1. The van der Waals surface area contributed by atoms with E-state index in [1.54, 1.807) is 0 Å². The van der Waals surface area contributed by atoms with Crippen LogP contribution in [0.1, 0.15) is 44.6 Å². The Morgan fingerprint density at radius 2 is 1.96 bits per heavy atom. The molecular formula is C21H35IN4O. The topological polar surface area (TPSA) is 40.1 Å². The van der Waals surface area contributed by atoms with E-state index in [2.05, 4.69) is 52.2 Å². The van der Waals surface area contributed by atoms with Crippen LogP contribution in [0.25, 0.3) is 0 Å². The summed E-state index contributed by atoms with van der Waals surface area (Å²) in [6.45, 7) is 10.5. The number of rotatable bonds is 6. The first-order valence-corrected chi connectivity index (χ1v) is 10.1. The number of ether oxygens (including phenoxy) is 1. The molecule has 1 atom stereocenters. The molecule has 2 fully saturated rings. The lowest BCUT2D eigenvalue weighted by molar-refractivity contribution is 0.249. The third-order valence-electron chi connectivity index (χ3n) is 5.52. The van der Waals surface area contributed by atoms with Crippen molar-refractivity contribution in [3.63, 3.8) is 0 Å². The van der Waals surface area contributed by atoms with Crippen LogP contribution < -0.4 is 10.1 Å². The van der Waals surface area contributed by atoms with Gasteiger partial charge in [0.1, 0.15) is 12.4 Å². The molecule has 0 spiro atoms. The van der Waals surface area contributed by atoms with E-state index < -0.39 is 0 Å². The number of guanidine groups is 1. The molecule has 1 unspecified atom stereocenters. The summed E-state index contributed by atoms with van der Waals surface area (Å²) >= 11 is 0. The Morgan fingerprint density at radius 3 is 2.67 bits per heavy atom. The zero-order valence-electron chi connectivity index (χ0n) is 17.0. The summed E-state index contributed by atoms with van der Waals surface area (Å²) in [5, 5.41) is 3.47. The second-order valence-corrected chi connectivity index (χ2v) is 7.65. The van der Waals surface area contributed by atoms with Gasteiger partial charge in [-0.15, -0.1) is 24.0 Å². The summed E-state index contributed by atoms with van der Waals surface area (Å²) in [6, 6.07) is 9.02. The van der Waals surface area contributed by atoms with Crippen molar-refractivity contribution in [1.29, 1.82) is 0 Å². The maximum Gasteiger partial charge on any atom is 0.193 e. The molecule has 0 aliphatic carbocycles. The summed E-state index contributed by atoms with van der Waals surface area (Å²) in [7, 11) is 1.88. The fraction of sp³-hybridized carbons (Fsp3) is 0.667. The van der Waals surface area contributed by atoms with E-state index in [0.29, 0.717) is 18.6 Å². The Bertz CT molecular complexity index is 602. The molecule has 0 radical (unpaired) electrons. The smallest absolute Gasteiger partial charge is 0.193 e. The van der Waals surface area contributed by atoms with Crippen LogP contribution >= 0.6 is 24.0 Å². The van der Waals surface area contributed by atoms with Gasteiger partial charge in [0.05, 0.1) is 6.54 Å². The summed E-state index contributed by atoms with van der Waals surface area (Å²) < 4.78 is 6.01. The molecule has 0 amide bonds. The van der Waals surface area contributed by atoms with E-state index in [9.17, 15) is 0 Å². The number of halogens is 1. The number of para-hydroxylation sites is 1. The molecule has 1 aromatic rings. The van der Waals surface area contributed by atoms with Gasteiger partial charge in [-0.2, -0.15) is 0 Å². The van der Waals surface area contributed by atoms with Crippen molar-refractivity contribution in [1.82, 2.24) is 15.1 Å². The number of nitrogens with one attached hydrogen (secondary N) is 1. The summed E-state index contributed by atoms with van der Waals surface area (Å²) in [5.74, 6) is 2.47. The zero-order chi connectivity index (χ0) is 18.4. The number of likely N-dealkylation sites (tertiary alicyclic amines) is 2. The van der Waals surface area contributed by atoms with Crippen LogP contribution in [0, 0.1) is 0 Å².